The van der Waals surface area contributed by atoms with E-state index in [0.717, 1.165) is 4.90 Å². The average Bonchev–Trinajstić information content (AvgIpc) is 2.36. The van der Waals surface area contributed by atoms with Crippen LogP contribution in [0.5, 0.6) is 0 Å². The van der Waals surface area contributed by atoms with Gasteiger partial charge < -0.3 is 5.11 Å². The molecule has 0 aliphatic carbocycles. The summed E-state index contributed by atoms with van der Waals surface area (Å²) in [6.45, 7) is -0.172. The quantitative estimate of drug-likeness (QED) is 0.881. The summed E-state index contributed by atoms with van der Waals surface area (Å²) in [4.78, 5) is 1.28. The zero-order valence-electron chi connectivity index (χ0n) is 9.16. The first kappa shape index (κ1) is 13.7. The van der Waals surface area contributed by atoms with Gasteiger partial charge in [-0.05, 0) is 35.9 Å². The number of hydrogen-bond acceptors (Lipinski definition) is 2. The minimum absolute atomic E-state index is 0.172. The van der Waals surface area contributed by atoms with Gasteiger partial charge in [0.1, 0.15) is 5.82 Å². The topological polar surface area (TPSA) is 20.2 Å². The molecule has 18 heavy (non-hydrogen) atoms. The van der Waals surface area contributed by atoms with Crippen molar-refractivity contribution in [1.29, 1.82) is 0 Å². The lowest BCUT2D eigenvalue weighted by Gasteiger charge is -2.05. The second-order valence-electron chi connectivity index (χ2n) is 3.60. The first-order valence-corrected chi connectivity index (χ1v) is 6.69. The fourth-order valence-corrected chi connectivity index (χ4v) is 2.61. The van der Waals surface area contributed by atoms with E-state index in [1.165, 1.54) is 17.8 Å². The summed E-state index contributed by atoms with van der Waals surface area (Å²) in [5, 5.41) is 9.81. The molecule has 0 aliphatic heterocycles. The van der Waals surface area contributed by atoms with Gasteiger partial charge in [0.05, 0.1) is 16.7 Å². The molecule has 0 radical (unpaired) electrons. The van der Waals surface area contributed by atoms with Crippen LogP contribution in [0.3, 0.4) is 0 Å². The third-order valence-corrected chi connectivity index (χ3v) is 4.08. The van der Waals surface area contributed by atoms with Gasteiger partial charge in [-0.3, -0.25) is 0 Å². The minimum Gasteiger partial charge on any atom is -0.392 e. The summed E-state index contributed by atoms with van der Waals surface area (Å²) in [7, 11) is 0. The zero-order chi connectivity index (χ0) is 13.1. The number of benzene rings is 2. The van der Waals surface area contributed by atoms with Crippen LogP contribution in [-0.4, -0.2) is 5.11 Å². The molecule has 2 rings (SSSR count). The fraction of sp³-hybridized carbons (Fsp3) is 0.0769. The summed E-state index contributed by atoms with van der Waals surface area (Å²) in [6, 6.07) is 9.77. The van der Waals surface area contributed by atoms with Gasteiger partial charge in [-0.2, -0.15) is 0 Å². The van der Waals surface area contributed by atoms with E-state index in [2.05, 4.69) is 0 Å². The van der Waals surface area contributed by atoms with Crippen molar-refractivity contribution in [2.24, 2.45) is 0 Å². The molecule has 0 amide bonds. The standard InChI is InChI=1S/C13H9Cl2FOS/c14-10-3-2-9(6-11(10)15)18-13-4-1-8(7-17)5-12(13)16/h1-6,17H,7H2. The van der Waals surface area contributed by atoms with Crippen LogP contribution in [0.25, 0.3) is 0 Å². The van der Waals surface area contributed by atoms with Gasteiger partial charge in [-0.15, -0.1) is 0 Å². The van der Waals surface area contributed by atoms with Gasteiger partial charge in [0, 0.05) is 9.79 Å². The monoisotopic (exact) mass is 302 g/mol. The summed E-state index contributed by atoms with van der Waals surface area (Å²) >= 11 is 13.0. The molecule has 2 aromatic carbocycles. The highest BCUT2D eigenvalue weighted by Crippen LogP contribution is 2.34. The Labute approximate surface area is 119 Å². The van der Waals surface area contributed by atoms with Crippen LogP contribution in [0.4, 0.5) is 4.39 Å². The highest BCUT2D eigenvalue weighted by molar-refractivity contribution is 7.99. The van der Waals surface area contributed by atoms with Gasteiger partial charge in [-0.25, -0.2) is 4.39 Å². The van der Waals surface area contributed by atoms with Gasteiger partial charge in [0.15, 0.2) is 0 Å². The first-order chi connectivity index (χ1) is 8.60. The minimum atomic E-state index is -0.363. The number of aliphatic hydroxyl groups is 1. The van der Waals surface area contributed by atoms with E-state index in [1.807, 2.05) is 0 Å². The molecule has 0 aliphatic rings. The highest BCUT2D eigenvalue weighted by atomic mass is 35.5. The molecule has 0 saturated carbocycles. The molecule has 0 atom stereocenters. The Morgan fingerprint density at radius 1 is 1.06 bits per heavy atom. The predicted octanol–water partition coefficient (Wildman–Crippen LogP) is 4.78. The number of rotatable bonds is 3. The van der Waals surface area contributed by atoms with E-state index in [4.69, 9.17) is 28.3 Å². The van der Waals surface area contributed by atoms with E-state index in [9.17, 15) is 4.39 Å². The molecule has 1 nitrogen and oxygen atoms in total. The SMILES string of the molecule is OCc1ccc(Sc2ccc(Cl)c(Cl)c2)c(F)c1. The smallest absolute Gasteiger partial charge is 0.137 e. The van der Waals surface area contributed by atoms with Crippen molar-refractivity contribution in [1.82, 2.24) is 0 Å². The normalized spacial score (nSPS) is 10.7. The van der Waals surface area contributed by atoms with Gasteiger partial charge >= 0.3 is 0 Å². The first-order valence-electron chi connectivity index (χ1n) is 5.12. The highest BCUT2D eigenvalue weighted by Gasteiger charge is 2.07. The lowest BCUT2D eigenvalue weighted by atomic mass is 10.2. The molecule has 2 aromatic rings. The number of hydrogen-bond donors (Lipinski definition) is 1. The Kier molecular flexibility index (Phi) is 4.51. The maximum absolute atomic E-state index is 13.7. The van der Waals surface area contributed by atoms with Gasteiger partial charge in [0.25, 0.3) is 0 Å². The summed E-state index contributed by atoms with van der Waals surface area (Å²) in [5.41, 5.74) is 0.547. The summed E-state index contributed by atoms with van der Waals surface area (Å²) < 4.78 is 13.7. The molecule has 0 spiro atoms. The lowest BCUT2D eigenvalue weighted by Crippen LogP contribution is -1.87. The van der Waals surface area contributed by atoms with Gasteiger partial charge in [-0.1, -0.05) is 41.0 Å². The average molecular weight is 303 g/mol. The summed E-state index contributed by atoms with van der Waals surface area (Å²) in [6.07, 6.45) is 0. The molecule has 1 N–H and O–H groups in total. The second-order valence-corrected chi connectivity index (χ2v) is 5.53. The van der Waals surface area contributed by atoms with Crippen LogP contribution in [0.2, 0.25) is 10.0 Å². The van der Waals surface area contributed by atoms with Crippen LogP contribution >= 0.6 is 35.0 Å². The Bertz CT molecular complexity index is 575. The van der Waals surface area contributed by atoms with Crippen molar-refractivity contribution in [3.05, 3.63) is 57.8 Å². The molecule has 94 valence electrons. The van der Waals surface area contributed by atoms with Crippen LogP contribution < -0.4 is 0 Å². The van der Waals surface area contributed by atoms with Crippen molar-refractivity contribution in [3.8, 4) is 0 Å². The molecule has 0 fully saturated rings. The third-order valence-electron chi connectivity index (χ3n) is 2.30. The number of aliphatic hydroxyl groups excluding tert-OH is 1. The van der Waals surface area contributed by atoms with E-state index >= 15 is 0 Å². The molecular formula is C13H9Cl2FOS. The van der Waals surface area contributed by atoms with E-state index in [1.54, 1.807) is 30.3 Å². The molecule has 0 heterocycles. The van der Waals surface area contributed by atoms with Crippen molar-refractivity contribution in [3.63, 3.8) is 0 Å². The molecule has 0 aromatic heterocycles. The van der Waals surface area contributed by atoms with Crippen LogP contribution in [-0.2, 0) is 6.61 Å². The van der Waals surface area contributed by atoms with E-state index < -0.39 is 0 Å². The fourth-order valence-electron chi connectivity index (χ4n) is 1.39. The second kappa shape index (κ2) is 5.93. The Morgan fingerprint density at radius 2 is 1.83 bits per heavy atom. The molecular weight excluding hydrogens is 294 g/mol. The van der Waals surface area contributed by atoms with Crippen LogP contribution in [0.1, 0.15) is 5.56 Å². The summed E-state index contributed by atoms with van der Waals surface area (Å²) in [5.74, 6) is -0.363. The predicted molar refractivity (Wildman–Crippen MR) is 72.9 cm³/mol. The molecule has 0 saturated heterocycles. The molecule has 5 heteroatoms. The number of halogens is 3. The van der Waals surface area contributed by atoms with Crippen LogP contribution in [0.15, 0.2) is 46.2 Å². The Morgan fingerprint density at radius 3 is 2.44 bits per heavy atom. The lowest BCUT2D eigenvalue weighted by molar-refractivity contribution is 0.281. The molecule has 0 unspecified atom stereocenters. The van der Waals surface area contributed by atoms with Crippen molar-refractivity contribution in [2.75, 3.05) is 0 Å². The van der Waals surface area contributed by atoms with E-state index in [-0.39, 0.29) is 12.4 Å². The Balaban J connectivity index is 2.25. The Hall–Kier alpha value is -0.740. The third kappa shape index (κ3) is 3.18. The zero-order valence-corrected chi connectivity index (χ0v) is 11.5. The van der Waals surface area contributed by atoms with Crippen molar-refractivity contribution in [2.45, 2.75) is 16.4 Å². The van der Waals surface area contributed by atoms with Crippen molar-refractivity contribution >= 4 is 35.0 Å². The maximum atomic E-state index is 13.7. The molecule has 0 bridgehead atoms. The van der Waals surface area contributed by atoms with Gasteiger partial charge in [0.2, 0.25) is 0 Å². The maximum Gasteiger partial charge on any atom is 0.137 e. The van der Waals surface area contributed by atoms with Crippen molar-refractivity contribution < 1.29 is 9.50 Å². The van der Waals surface area contributed by atoms with E-state index in [0.29, 0.717) is 20.5 Å². The largest absolute Gasteiger partial charge is 0.392 e. The van der Waals surface area contributed by atoms with Crippen LogP contribution in [0, 0.1) is 5.82 Å².